The van der Waals surface area contributed by atoms with Crippen molar-refractivity contribution in [2.24, 2.45) is 5.73 Å². The van der Waals surface area contributed by atoms with Crippen LogP contribution in [0.5, 0.6) is 0 Å². The van der Waals surface area contributed by atoms with Gasteiger partial charge >= 0.3 is 0 Å². The van der Waals surface area contributed by atoms with E-state index < -0.39 is 5.83 Å². The van der Waals surface area contributed by atoms with Gasteiger partial charge in [0.25, 0.3) is 0 Å². The van der Waals surface area contributed by atoms with Crippen molar-refractivity contribution in [1.29, 1.82) is 5.41 Å². The average molecular weight is 258 g/mol. The highest BCUT2D eigenvalue weighted by Gasteiger charge is 2.22. The lowest BCUT2D eigenvalue weighted by Gasteiger charge is -2.31. The topological polar surface area (TPSA) is 74.8 Å². The van der Waals surface area contributed by atoms with Crippen LogP contribution in [0.15, 0.2) is 11.6 Å². The van der Waals surface area contributed by atoms with Crippen molar-refractivity contribution in [3.63, 3.8) is 0 Å². The lowest BCUT2D eigenvalue weighted by atomic mass is 10.3. The number of hydrogen-bond acceptors (Lipinski definition) is 5. The van der Waals surface area contributed by atoms with E-state index in [1.54, 1.807) is 9.80 Å². The summed E-state index contributed by atoms with van der Waals surface area (Å²) < 4.78 is 24.5. The molecule has 2 fully saturated rings. The molecule has 18 heavy (non-hydrogen) atoms. The molecule has 0 aromatic heterocycles. The van der Waals surface area contributed by atoms with Gasteiger partial charge in [0.1, 0.15) is 5.82 Å². The molecule has 0 unspecified atom stereocenters. The van der Waals surface area contributed by atoms with Crippen LogP contribution in [0.3, 0.4) is 0 Å². The predicted molar refractivity (Wildman–Crippen MR) is 64.8 cm³/mol. The Bertz CT molecular complexity index is 336. The van der Waals surface area contributed by atoms with Crippen LogP contribution in [-0.4, -0.2) is 68.2 Å². The third-order valence-corrected chi connectivity index (χ3v) is 3.11. The van der Waals surface area contributed by atoms with E-state index in [2.05, 4.69) is 0 Å². The molecule has 0 aromatic carbocycles. The summed E-state index contributed by atoms with van der Waals surface area (Å²) in [5, 5.41) is 7.84. The molecule has 0 atom stereocenters. The Morgan fingerprint density at radius 1 is 0.944 bits per heavy atom. The Hall–Kier alpha value is -1.34. The van der Waals surface area contributed by atoms with E-state index in [9.17, 15) is 4.39 Å². The van der Waals surface area contributed by atoms with Crippen LogP contribution in [0.1, 0.15) is 0 Å². The maximum Gasteiger partial charge on any atom is 0.204 e. The fourth-order valence-electron chi connectivity index (χ4n) is 1.99. The lowest BCUT2D eigenvalue weighted by molar-refractivity contribution is 0.0514. The van der Waals surface area contributed by atoms with Gasteiger partial charge in [-0.2, -0.15) is 4.39 Å². The van der Waals surface area contributed by atoms with Gasteiger partial charge in [-0.1, -0.05) is 0 Å². The summed E-state index contributed by atoms with van der Waals surface area (Å²) in [6, 6.07) is 0. The molecule has 3 N–H and O–H groups in total. The summed E-state index contributed by atoms with van der Waals surface area (Å²) in [6.07, 6.45) is 0. The molecule has 2 rings (SSSR count). The number of rotatable bonds is 2. The largest absolute Gasteiger partial charge is 0.383 e. The van der Waals surface area contributed by atoms with Crippen molar-refractivity contribution in [2.75, 3.05) is 52.6 Å². The third-order valence-electron chi connectivity index (χ3n) is 3.11. The second-order valence-corrected chi connectivity index (χ2v) is 4.25. The number of morpholine rings is 2. The van der Waals surface area contributed by atoms with Gasteiger partial charge in [-0.25, -0.2) is 0 Å². The van der Waals surface area contributed by atoms with E-state index >= 15 is 0 Å². The van der Waals surface area contributed by atoms with Gasteiger partial charge in [-0.15, -0.1) is 0 Å². The molecule has 2 aliphatic rings. The first-order valence-corrected chi connectivity index (χ1v) is 6.09. The fourth-order valence-corrected chi connectivity index (χ4v) is 1.99. The highest BCUT2D eigenvalue weighted by Crippen LogP contribution is 2.13. The number of ether oxygens (including phenoxy) is 2. The minimum Gasteiger partial charge on any atom is -0.383 e. The number of nitrogens with zero attached hydrogens (tertiary/aromatic N) is 2. The van der Waals surface area contributed by atoms with Crippen molar-refractivity contribution in [3.05, 3.63) is 11.6 Å². The first kappa shape index (κ1) is 13.1. The van der Waals surface area contributed by atoms with Gasteiger partial charge in [0.05, 0.1) is 26.4 Å². The van der Waals surface area contributed by atoms with Crippen LogP contribution in [0.2, 0.25) is 0 Å². The van der Waals surface area contributed by atoms with E-state index in [1.165, 1.54) is 0 Å². The normalized spacial score (nSPS) is 22.7. The number of amidine groups is 1. The zero-order valence-corrected chi connectivity index (χ0v) is 10.3. The number of nitrogens with two attached hydrogens (primary N) is 1. The molecule has 2 heterocycles. The highest BCUT2D eigenvalue weighted by molar-refractivity contribution is 5.94. The first-order chi connectivity index (χ1) is 8.70. The van der Waals surface area contributed by atoms with Crippen molar-refractivity contribution >= 4 is 5.84 Å². The predicted octanol–water partition coefficient (Wildman–Crippen LogP) is -0.275. The molecular weight excluding hydrogens is 239 g/mol. The van der Waals surface area contributed by atoms with Gasteiger partial charge in [-0.05, 0) is 0 Å². The zero-order valence-electron chi connectivity index (χ0n) is 10.3. The van der Waals surface area contributed by atoms with Gasteiger partial charge in [-0.3, -0.25) is 5.41 Å². The van der Waals surface area contributed by atoms with Crippen molar-refractivity contribution < 1.29 is 13.9 Å². The molecule has 2 aliphatic heterocycles. The molecule has 102 valence electrons. The molecule has 0 saturated carbocycles. The van der Waals surface area contributed by atoms with Gasteiger partial charge in [0.15, 0.2) is 5.84 Å². The van der Waals surface area contributed by atoms with Crippen molar-refractivity contribution in [1.82, 2.24) is 9.80 Å². The quantitative estimate of drug-likeness (QED) is 0.526. The minimum atomic E-state index is -0.654. The van der Waals surface area contributed by atoms with Gasteiger partial charge in [0, 0.05) is 26.2 Å². The Morgan fingerprint density at radius 3 is 1.89 bits per heavy atom. The summed E-state index contributed by atoms with van der Waals surface area (Å²) in [5.41, 5.74) is 5.78. The van der Waals surface area contributed by atoms with Crippen LogP contribution in [0, 0.1) is 5.41 Å². The number of halogens is 1. The monoisotopic (exact) mass is 258 g/mol. The van der Waals surface area contributed by atoms with Crippen LogP contribution in [-0.2, 0) is 9.47 Å². The minimum absolute atomic E-state index is 0.0368. The van der Waals surface area contributed by atoms with Crippen molar-refractivity contribution in [2.45, 2.75) is 0 Å². The van der Waals surface area contributed by atoms with Gasteiger partial charge in [0.2, 0.25) is 5.83 Å². The standard InChI is InChI=1S/C11H19FN4O2/c12-9(10(13)15-1-5-17-6-2-15)11(14)16-3-7-18-8-4-16/h13H,1-8,14H2/b11-9-,13-10?. The maximum atomic E-state index is 14.1. The van der Waals surface area contributed by atoms with E-state index in [-0.39, 0.29) is 11.7 Å². The molecular formula is C11H19FN4O2. The van der Waals surface area contributed by atoms with Crippen molar-refractivity contribution in [3.8, 4) is 0 Å². The SMILES string of the molecule is N=C(/C(F)=C(\N)N1CCOCC1)N1CCOCC1. The second-order valence-electron chi connectivity index (χ2n) is 4.25. The molecule has 0 bridgehead atoms. The molecule has 7 heteroatoms. The van der Waals surface area contributed by atoms with E-state index in [0.717, 1.165) is 0 Å². The van der Waals surface area contributed by atoms with Gasteiger partial charge < -0.3 is 25.0 Å². The smallest absolute Gasteiger partial charge is 0.204 e. The highest BCUT2D eigenvalue weighted by atomic mass is 19.1. The lowest BCUT2D eigenvalue weighted by Crippen LogP contribution is -2.43. The maximum absolute atomic E-state index is 14.1. The Kier molecular flexibility index (Phi) is 4.38. The summed E-state index contributed by atoms with van der Waals surface area (Å²) >= 11 is 0. The van der Waals surface area contributed by atoms with Crippen LogP contribution in [0.4, 0.5) is 4.39 Å². The molecule has 6 nitrogen and oxygen atoms in total. The Labute approximate surface area is 106 Å². The zero-order chi connectivity index (χ0) is 13.0. The summed E-state index contributed by atoms with van der Waals surface area (Å²) in [6.45, 7) is 4.31. The van der Waals surface area contributed by atoms with E-state index in [1.807, 2.05) is 0 Å². The molecule has 0 radical (unpaired) electrons. The molecule has 2 saturated heterocycles. The first-order valence-electron chi connectivity index (χ1n) is 6.09. The number of nitrogens with one attached hydrogen (secondary N) is 1. The molecule has 0 spiro atoms. The van der Waals surface area contributed by atoms with Crippen LogP contribution in [0.25, 0.3) is 0 Å². The molecule has 0 aliphatic carbocycles. The van der Waals surface area contributed by atoms with E-state index in [4.69, 9.17) is 20.6 Å². The van der Waals surface area contributed by atoms with E-state index in [0.29, 0.717) is 52.6 Å². The molecule has 0 aromatic rings. The summed E-state index contributed by atoms with van der Waals surface area (Å²) in [7, 11) is 0. The number of hydrogen-bond donors (Lipinski definition) is 2. The summed E-state index contributed by atoms with van der Waals surface area (Å²) in [4.78, 5) is 3.36. The molecule has 0 amide bonds. The Morgan fingerprint density at radius 2 is 1.39 bits per heavy atom. The summed E-state index contributed by atoms with van der Waals surface area (Å²) in [5.74, 6) is -0.768. The second kappa shape index (κ2) is 6.01. The van der Waals surface area contributed by atoms with Crippen LogP contribution >= 0.6 is 0 Å². The fraction of sp³-hybridized carbons (Fsp3) is 0.727. The average Bonchev–Trinajstić information content (AvgIpc) is 2.47. The Balaban J connectivity index is 2.02. The third kappa shape index (κ3) is 2.91. The van der Waals surface area contributed by atoms with Crippen LogP contribution < -0.4 is 5.73 Å².